The summed E-state index contributed by atoms with van der Waals surface area (Å²) in [5, 5.41) is 0. The minimum absolute atomic E-state index is 0.370. The molecule has 0 unspecified atom stereocenters. The third-order valence-corrected chi connectivity index (χ3v) is 3.47. The van der Waals surface area contributed by atoms with E-state index in [0.29, 0.717) is 5.56 Å². The third-order valence-electron chi connectivity index (χ3n) is 2.38. The second-order valence-electron chi connectivity index (χ2n) is 3.70. The normalized spacial score (nSPS) is 10.4. The molecule has 0 bridgehead atoms. The summed E-state index contributed by atoms with van der Waals surface area (Å²) in [6, 6.07) is 5.61. The van der Waals surface area contributed by atoms with Gasteiger partial charge in [-0.1, -0.05) is 6.07 Å². The van der Waals surface area contributed by atoms with Crippen LogP contribution in [-0.2, 0) is 5.75 Å². The molecular formula is C12H18N2OS. The SMILES string of the molecule is Cc1cc(C(N)=O)ccc1CSCCCN. The molecule has 0 saturated carbocycles. The first-order valence-electron chi connectivity index (χ1n) is 5.32. The minimum atomic E-state index is -0.370. The van der Waals surface area contributed by atoms with Gasteiger partial charge in [-0.25, -0.2) is 0 Å². The molecule has 0 fully saturated rings. The molecule has 0 atom stereocenters. The Morgan fingerprint density at radius 3 is 2.75 bits per heavy atom. The Balaban J connectivity index is 2.57. The highest BCUT2D eigenvalue weighted by atomic mass is 32.2. The molecule has 16 heavy (non-hydrogen) atoms. The van der Waals surface area contributed by atoms with Crippen molar-refractivity contribution in [3.63, 3.8) is 0 Å². The van der Waals surface area contributed by atoms with Crippen LogP contribution in [0.5, 0.6) is 0 Å². The van der Waals surface area contributed by atoms with Crippen LogP contribution in [0.15, 0.2) is 18.2 Å². The summed E-state index contributed by atoms with van der Waals surface area (Å²) in [6.45, 7) is 2.75. The molecule has 0 aliphatic rings. The summed E-state index contributed by atoms with van der Waals surface area (Å²) in [4.78, 5) is 11.0. The monoisotopic (exact) mass is 238 g/mol. The fourth-order valence-corrected chi connectivity index (χ4v) is 2.44. The number of hydrogen-bond acceptors (Lipinski definition) is 3. The van der Waals surface area contributed by atoms with E-state index in [1.165, 1.54) is 5.56 Å². The molecule has 3 nitrogen and oxygen atoms in total. The van der Waals surface area contributed by atoms with Crippen LogP contribution >= 0.6 is 11.8 Å². The molecule has 0 saturated heterocycles. The van der Waals surface area contributed by atoms with E-state index >= 15 is 0 Å². The zero-order valence-corrected chi connectivity index (χ0v) is 10.3. The Hall–Kier alpha value is -1.000. The lowest BCUT2D eigenvalue weighted by Crippen LogP contribution is -2.11. The fraction of sp³-hybridized carbons (Fsp3) is 0.417. The van der Waals surface area contributed by atoms with Gasteiger partial charge in [-0.2, -0.15) is 11.8 Å². The van der Waals surface area contributed by atoms with Gasteiger partial charge in [-0.15, -0.1) is 0 Å². The lowest BCUT2D eigenvalue weighted by Gasteiger charge is -2.06. The molecule has 0 aliphatic heterocycles. The minimum Gasteiger partial charge on any atom is -0.366 e. The van der Waals surface area contributed by atoms with Crippen LogP contribution < -0.4 is 11.5 Å². The Morgan fingerprint density at radius 2 is 2.19 bits per heavy atom. The Morgan fingerprint density at radius 1 is 1.44 bits per heavy atom. The van der Waals surface area contributed by atoms with Gasteiger partial charge in [0.1, 0.15) is 0 Å². The number of rotatable bonds is 6. The van der Waals surface area contributed by atoms with Crippen molar-refractivity contribution in [2.75, 3.05) is 12.3 Å². The average molecular weight is 238 g/mol. The van der Waals surface area contributed by atoms with Gasteiger partial charge >= 0.3 is 0 Å². The number of benzene rings is 1. The summed E-state index contributed by atoms with van der Waals surface area (Å²) in [5.41, 5.74) is 13.6. The lowest BCUT2D eigenvalue weighted by atomic mass is 10.1. The molecule has 1 aromatic rings. The molecule has 0 aromatic heterocycles. The van der Waals surface area contributed by atoms with Gasteiger partial charge in [-0.05, 0) is 48.9 Å². The molecule has 1 amide bonds. The quantitative estimate of drug-likeness (QED) is 0.741. The van der Waals surface area contributed by atoms with Crippen LogP contribution in [0.25, 0.3) is 0 Å². The molecule has 0 heterocycles. The first-order valence-corrected chi connectivity index (χ1v) is 6.47. The molecule has 0 radical (unpaired) electrons. The van der Waals surface area contributed by atoms with E-state index in [-0.39, 0.29) is 5.91 Å². The number of hydrogen-bond donors (Lipinski definition) is 2. The zero-order chi connectivity index (χ0) is 12.0. The van der Waals surface area contributed by atoms with Gasteiger partial charge in [0.15, 0.2) is 0 Å². The van der Waals surface area contributed by atoms with Crippen LogP contribution in [0.3, 0.4) is 0 Å². The van der Waals surface area contributed by atoms with Gasteiger partial charge in [0.25, 0.3) is 0 Å². The number of amides is 1. The van der Waals surface area contributed by atoms with E-state index in [0.717, 1.165) is 30.0 Å². The van der Waals surface area contributed by atoms with Crippen LogP contribution in [0.1, 0.15) is 27.9 Å². The first kappa shape index (κ1) is 13.1. The van der Waals surface area contributed by atoms with Crippen molar-refractivity contribution >= 4 is 17.7 Å². The first-order chi connectivity index (χ1) is 7.65. The topological polar surface area (TPSA) is 69.1 Å². The van der Waals surface area contributed by atoms with Crippen LogP contribution in [0.2, 0.25) is 0 Å². The van der Waals surface area contributed by atoms with Crippen LogP contribution in [0, 0.1) is 6.92 Å². The van der Waals surface area contributed by atoms with Gasteiger partial charge in [0.2, 0.25) is 5.91 Å². The van der Waals surface area contributed by atoms with Crippen LogP contribution in [-0.4, -0.2) is 18.2 Å². The second-order valence-corrected chi connectivity index (χ2v) is 4.81. The third kappa shape index (κ3) is 3.87. The van der Waals surface area contributed by atoms with Crippen molar-refractivity contribution in [3.05, 3.63) is 34.9 Å². The Labute approximate surface area is 101 Å². The summed E-state index contributed by atoms with van der Waals surface area (Å²) in [6.07, 6.45) is 1.04. The zero-order valence-electron chi connectivity index (χ0n) is 9.53. The molecule has 4 heteroatoms. The number of thioether (sulfide) groups is 1. The largest absolute Gasteiger partial charge is 0.366 e. The molecule has 0 aliphatic carbocycles. The van der Waals surface area contributed by atoms with Crippen molar-refractivity contribution in [1.29, 1.82) is 0 Å². The average Bonchev–Trinajstić information content (AvgIpc) is 2.26. The number of nitrogens with two attached hydrogens (primary N) is 2. The Bertz CT molecular complexity index is 366. The predicted molar refractivity (Wildman–Crippen MR) is 69.5 cm³/mol. The highest BCUT2D eigenvalue weighted by molar-refractivity contribution is 7.98. The van der Waals surface area contributed by atoms with Gasteiger partial charge in [0.05, 0.1) is 0 Å². The summed E-state index contributed by atoms with van der Waals surface area (Å²) < 4.78 is 0. The number of primary amides is 1. The predicted octanol–water partition coefficient (Wildman–Crippen LogP) is 1.68. The van der Waals surface area contributed by atoms with Crippen molar-refractivity contribution in [2.24, 2.45) is 11.5 Å². The van der Waals surface area contributed by atoms with E-state index in [1.807, 2.05) is 30.8 Å². The van der Waals surface area contributed by atoms with Crippen molar-refractivity contribution < 1.29 is 4.79 Å². The maximum atomic E-state index is 11.0. The molecule has 1 aromatic carbocycles. The van der Waals surface area contributed by atoms with Crippen LogP contribution in [0.4, 0.5) is 0 Å². The smallest absolute Gasteiger partial charge is 0.248 e. The van der Waals surface area contributed by atoms with Crippen molar-refractivity contribution in [3.8, 4) is 0 Å². The summed E-state index contributed by atoms with van der Waals surface area (Å²) >= 11 is 1.86. The Kier molecular flexibility index (Phi) is 5.35. The number of carbonyl (C=O) groups is 1. The molecule has 88 valence electrons. The molecule has 4 N–H and O–H groups in total. The van der Waals surface area contributed by atoms with Gasteiger partial charge in [-0.3, -0.25) is 4.79 Å². The van der Waals surface area contributed by atoms with E-state index < -0.39 is 0 Å². The van der Waals surface area contributed by atoms with Crippen molar-refractivity contribution in [2.45, 2.75) is 19.1 Å². The fourth-order valence-electron chi connectivity index (χ4n) is 1.38. The van der Waals surface area contributed by atoms with Gasteiger partial charge in [0, 0.05) is 11.3 Å². The summed E-state index contributed by atoms with van der Waals surface area (Å²) in [5.74, 6) is 1.67. The maximum absolute atomic E-state index is 11.0. The molecule has 0 spiro atoms. The van der Waals surface area contributed by atoms with E-state index in [2.05, 4.69) is 0 Å². The maximum Gasteiger partial charge on any atom is 0.248 e. The standard InChI is InChI=1S/C12H18N2OS/c1-9-7-10(12(14)15)3-4-11(9)8-16-6-2-5-13/h3-4,7H,2,5-6,8,13H2,1H3,(H2,14,15). The molecule has 1 rings (SSSR count). The van der Waals surface area contributed by atoms with Crippen molar-refractivity contribution in [1.82, 2.24) is 0 Å². The van der Waals surface area contributed by atoms with E-state index in [4.69, 9.17) is 11.5 Å². The van der Waals surface area contributed by atoms with E-state index in [1.54, 1.807) is 6.07 Å². The summed E-state index contributed by atoms with van der Waals surface area (Å²) in [7, 11) is 0. The molecular weight excluding hydrogens is 220 g/mol. The van der Waals surface area contributed by atoms with E-state index in [9.17, 15) is 4.79 Å². The second kappa shape index (κ2) is 6.55. The lowest BCUT2D eigenvalue weighted by molar-refractivity contribution is 0.1000. The number of aryl methyl sites for hydroxylation is 1. The number of carbonyl (C=O) groups excluding carboxylic acids is 1. The highest BCUT2D eigenvalue weighted by Crippen LogP contribution is 2.18. The highest BCUT2D eigenvalue weighted by Gasteiger charge is 2.03. The van der Waals surface area contributed by atoms with Gasteiger partial charge < -0.3 is 11.5 Å².